The highest BCUT2D eigenvalue weighted by molar-refractivity contribution is 6.02. The average Bonchev–Trinajstić information content (AvgIpc) is 3.19. The molecule has 1 atom stereocenters. The van der Waals surface area contributed by atoms with Crippen molar-refractivity contribution in [1.82, 2.24) is 15.5 Å². The molecule has 0 bridgehead atoms. The number of fused-ring (bicyclic) bond motifs is 1. The zero-order valence-corrected chi connectivity index (χ0v) is 12.0. The van der Waals surface area contributed by atoms with Gasteiger partial charge in [0.1, 0.15) is 0 Å². The Morgan fingerprint density at radius 1 is 1.41 bits per heavy atom. The van der Waals surface area contributed by atoms with Crippen molar-refractivity contribution in [3.8, 4) is 0 Å². The highest BCUT2D eigenvalue weighted by Crippen LogP contribution is 2.15. The molecule has 1 aliphatic heterocycles. The Labute approximate surface area is 127 Å². The third-order valence-corrected chi connectivity index (χ3v) is 3.55. The minimum atomic E-state index is -0.621. The molecule has 7 heteroatoms. The number of aromatic nitrogens is 2. The van der Waals surface area contributed by atoms with E-state index in [1.165, 1.54) is 0 Å². The number of para-hydroxylation sites is 1. The van der Waals surface area contributed by atoms with Gasteiger partial charge in [0.05, 0.1) is 11.6 Å². The van der Waals surface area contributed by atoms with E-state index in [0.717, 1.165) is 25.0 Å². The zero-order valence-electron chi connectivity index (χ0n) is 12.0. The van der Waals surface area contributed by atoms with Gasteiger partial charge in [-0.15, -0.1) is 0 Å². The van der Waals surface area contributed by atoms with Crippen LogP contribution in [0.3, 0.4) is 0 Å². The zero-order chi connectivity index (χ0) is 15.4. The lowest BCUT2D eigenvalue weighted by Crippen LogP contribution is -2.34. The summed E-state index contributed by atoms with van der Waals surface area (Å²) in [5.41, 5.74) is 0.930. The molecule has 1 amide bonds. The van der Waals surface area contributed by atoms with Gasteiger partial charge in [0, 0.05) is 18.5 Å². The fourth-order valence-corrected chi connectivity index (χ4v) is 2.40. The minimum Gasteiger partial charge on any atom is -0.451 e. The topological polar surface area (TPSA) is 93.3 Å². The van der Waals surface area contributed by atoms with Crippen LogP contribution in [0.1, 0.15) is 23.3 Å². The van der Waals surface area contributed by atoms with Crippen LogP contribution in [0.15, 0.2) is 24.3 Å². The van der Waals surface area contributed by atoms with E-state index in [0.29, 0.717) is 11.9 Å². The summed E-state index contributed by atoms with van der Waals surface area (Å²) in [4.78, 5) is 23.6. The Balaban J connectivity index is 1.50. The Hall–Kier alpha value is -2.41. The number of benzene rings is 1. The molecule has 116 valence electrons. The van der Waals surface area contributed by atoms with Gasteiger partial charge in [-0.25, -0.2) is 4.79 Å². The third-order valence-electron chi connectivity index (χ3n) is 3.55. The van der Waals surface area contributed by atoms with Gasteiger partial charge in [-0.05, 0) is 18.9 Å². The second-order valence-corrected chi connectivity index (χ2v) is 5.13. The molecule has 1 saturated heterocycles. The number of hydrogen-bond acceptors (Lipinski definition) is 5. The summed E-state index contributed by atoms with van der Waals surface area (Å²) < 4.78 is 10.4. The molecule has 0 radical (unpaired) electrons. The first kappa shape index (κ1) is 14.5. The van der Waals surface area contributed by atoms with Gasteiger partial charge in [0.15, 0.2) is 12.3 Å². The predicted octanol–water partition coefficient (Wildman–Crippen LogP) is 1.01. The van der Waals surface area contributed by atoms with Crippen LogP contribution in [0.2, 0.25) is 0 Å². The van der Waals surface area contributed by atoms with Crippen LogP contribution >= 0.6 is 0 Å². The lowest BCUT2D eigenvalue weighted by molar-refractivity contribution is -0.124. The van der Waals surface area contributed by atoms with Crippen molar-refractivity contribution in [2.75, 3.05) is 19.8 Å². The maximum absolute atomic E-state index is 12.0. The highest BCUT2D eigenvalue weighted by atomic mass is 16.5. The van der Waals surface area contributed by atoms with Crippen LogP contribution < -0.4 is 5.32 Å². The summed E-state index contributed by atoms with van der Waals surface area (Å²) in [5.74, 6) is -0.964. The maximum Gasteiger partial charge on any atom is 0.359 e. The number of ether oxygens (including phenoxy) is 2. The summed E-state index contributed by atoms with van der Waals surface area (Å²) in [5, 5.41) is 10.0. The van der Waals surface area contributed by atoms with E-state index < -0.39 is 5.97 Å². The Morgan fingerprint density at radius 2 is 2.27 bits per heavy atom. The fraction of sp³-hybridized carbons (Fsp3) is 0.400. The average molecular weight is 303 g/mol. The second-order valence-electron chi connectivity index (χ2n) is 5.13. The maximum atomic E-state index is 12.0. The number of amides is 1. The number of nitrogens with one attached hydrogen (secondary N) is 2. The molecule has 1 fully saturated rings. The number of H-pyrrole nitrogens is 1. The van der Waals surface area contributed by atoms with Crippen molar-refractivity contribution >= 4 is 22.8 Å². The van der Waals surface area contributed by atoms with E-state index in [-0.39, 0.29) is 24.3 Å². The van der Waals surface area contributed by atoms with Crippen molar-refractivity contribution in [1.29, 1.82) is 0 Å². The van der Waals surface area contributed by atoms with Crippen LogP contribution in [0.25, 0.3) is 10.9 Å². The number of nitrogens with zero attached hydrogens (tertiary/aromatic N) is 1. The Bertz CT molecular complexity index is 676. The quantitative estimate of drug-likeness (QED) is 0.804. The van der Waals surface area contributed by atoms with Gasteiger partial charge in [-0.1, -0.05) is 18.2 Å². The Kier molecular flexibility index (Phi) is 4.34. The van der Waals surface area contributed by atoms with Crippen molar-refractivity contribution in [2.24, 2.45) is 0 Å². The third kappa shape index (κ3) is 3.25. The monoisotopic (exact) mass is 303 g/mol. The lowest BCUT2D eigenvalue weighted by Gasteiger charge is -2.10. The van der Waals surface area contributed by atoms with Gasteiger partial charge in [0.25, 0.3) is 5.91 Å². The van der Waals surface area contributed by atoms with Crippen LogP contribution in [0.5, 0.6) is 0 Å². The number of hydrogen-bond donors (Lipinski definition) is 2. The predicted molar refractivity (Wildman–Crippen MR) is 78.4 cm³/mol. The van der Waals surface area contributed by atoms with E-state index >= 15 is 0 Å². The first-order valence-corrected chi connectivity index (χ1v) is 7.22. The smallest absolute Gasteiger partial charge is 0.359 e. The van der Waals surface area contributed by atoms with Crippen LogP contribution in [0, 0.1) is 0 Å². The molecule has 1 aliphatic rings. The standard InChI is InChI=1S/C15H17N3O4/c19-13(16-8-10-4-3-7-21-10)9-22-15(20)14-11-5-1-2-6-12(11)17-18-14/h1-2,5-6,10H,3-4,7-9H2,(H,16,19)(H,17,18)/t10-/m1/s1. The number of esters is 1. The fourth-order valence-electron chi connectivity index (χ4n) is 2.40. The lowest BCUT2D eigenvalue weighted by atomic mass is 10.2. The van der Waals surface area contributed by atoms with Crippen molar-refractivity contribution < 1.29 is 19.1 Å². The number of carbonyl (C=O) groups is 2. The summed E-state index contributed by atoms with van der Waals surface area (Å²) in [6.45, 7) is 0.857. The largest absolute Gasteiger partial charge is 0.451 e. The van der Waals surface area contributed by atoms with Crippen molar-refractivity contribution in [3.05, 3.63) is 30.0 Å². The molecule has 2 heterocycles. The molecule has 0 unspecified atom stereocenters. The van der Waals surface area contributed by atoms with E-state index in [2.05, 4.69) is 15.5 Å². The molecule has 7 nitrogen and oxygen atoms in total. The number of carbonyl (C=O) groups excluding carboxylic acids is 2. The first-order valence-electron chi connectivity index (χ1n) is 7.22. The Morgan fingerprint density at radius 3 is 3.09 bits per heavy atom. The SMILES string of the molecule is O=C(COC(=O)c1n[nH]c2ccccc12)NC[C@H]1CCCO1. The van der Waals surface area contributed by atoms with E-state index in [1.54, 1.807) is 6.07 Å². The molecule has 0 aliphatic carbocycles. The van der Waals surface area contributed by atoms with Crippen LogP contribution in [0.4, 0.5) is 0 Å². The molecule has 0 saturated carbocycles. The summed E-state index contributed by atoms with van der Waals surface area (Å²) in [6, 6.07) is 7.23. The minimum absolute atomic E-state index is 0.0648. The molecular formula is C15H17N3O4. The molecule has 3 rings (SSSR count). The van der Waals surface area contributed by atoms with Gasteiger partial charge in [-0.3, -0.25) is 9.89 Å². The number of aromatic amines is 1. The van der Waals surface area contributed by atoms with Gasteiger partial charge in [-0.2, -0.15) is 5.10 Å². The molecule has 2 N–H and O–H groups in total. The van der Waals surface area contributed by atoms with E-state index in [4.69, 9.17) is 9.47 Å². The second kappa shape index (κ2) is 6.57. The van der Waals surface area contributed by atoms with E-state index in [9.17, 15) is 9.59 Å². The molecule has 0 spiro atoms. The van der Waals surface area contributed by atoms with Gasteiger partial charge in [0.2, 0.25) is 0 Å². The normalized spacial score (nSPS) is 17.5. The molecule has 1 aromatic carbocycles. The molecular weight excluding hydrogens is 286 g/mol. The van der Waals surface area contributed by atoms with Crippen LogP contribution in [-0.2, 0) is 14.3 Å². The first-order chi connectivity index (χ1) is 10.7. The number of rotatable bonds is 5. The van der Waals surface area contributed by atoms with Crippen LogP contribution in [-0.4, -0.2) is 47.9 Å². The summed E-state index contributed by atoms with van der Waals surface area (Å²) >= 11 is 0. The van der Waals surface area contributed by atoms with E-state index in [1.807, 2.05) is 18.2 Å². The van der Waals surface area contributed by atoms with Gasteiger partial charge < -0.3 is 14.8 Å². The molecule has 2 aromatic rings. The highest BCUT2D eigenvalue weighted by Gasteiger charge is 2.18. The summed E-state index contributed by atoms with van der Waals surface area (Å²) in [6.07, 6.45) is 2.02. The molecule has 22 heavy (non-hydrogen) atoms. The molecule has 1 aromatic heterocycles. The van der Waals surface area contributed by atoms with Crippen molar-refractivity contribution in [3.63, 3.8) is 0 Å². The van der Waals surface area contributed by atoms with Crippen molar-refractivity contribution in [2.45, 2.75) is 18.9 Å². The van der Waals surface area contributed by atoms with Gasteiger partial charge >= 0.3 is 5.97 Å². The summed E-state index contributed by atoms with van der Waals surface area (Å²) in [7, 11) is 0.